The topological polar surface area (TPSA) is 42.9 Å². The van der Waals surface area contributed by atoms with Crippen LogP contribution in [0.1, 0.15) is 31.0 Å². The molecule has 0 aromatic heterocycles. The molecule has 2 aromatic rings. The first-order valence-corrected chi connectivity index (χ1v) is 8.69. The first kappa shape index (κ1) is 17.6. The molecular formula is C21H26N2O2. The summed E-state index contributed by atoms with van der Waals surface area (Å²) in [6.45, 7) is 5.24. The highest BCUT2D eigenvalue weighted by Gasteiger charge is 2.42. The van der Waals surface area contributed by atoms with Crippen molar-refractivity contribution >= 4 is 5.84 Å². The number of methoxy groups -OCH3 is 1. The summed E-state index contributed by atoms with van der Waals surface area (Å²) in [5, 5.41) is 3.61. The van der Waals surface area contributed by atoms with E-state index in [0.29, 0.717) is 13.2 Å². The number of rotatable bonds is 7. The van der Waals surface area contributed by atoms with Gasteiger partial charge in [0.2, 0.25) is 0 Å². The van der Waals surface area contributed by atoms with Crippen LogP contribution in [-0.4, -0.2) is 32.3 Å². The predicted octanol–water partition coefficient (Wildman–Crippen LogP) is 3.70. The molecule has 1 aliphatic rings. The van der Waals surface area contributed by atoms with Crippen LogP contribution in [0.25, 0.3) is 0 Å². The molecule has 3 rings (SSSR count). The second-order valence-electron chi connectivity index (χ2n) is 6.66. The summed E-state index contributed by atoms with van der Waals surface area (Å²) in [6, 6.07) is 20.9. The van der Waals surface area contributed by atoms with Gasteiger partial charge in [0.05, 0.1) is 18.2 Å². The van der Waals surface area contributed by atoms with E-state index in [1.165, 1.54) is 11.1 Å². The van der Waals surface area contributed by atoms with E-state index in [-0.39, 0.29) is 17.7 Å². The summed E-state index contributed by atoms with van der Waals surface area (Å²) in [7, 11) is 1.68. The van der Waals surface area contributed by atoms with Gasteiger partial charge in [0.25, 0.3) is 0 Å². The highest BCUT2D eigenvalue weighted by Crippen LogP contribution is 2.41. The summed E-state index contributed by atoms with van der Waals surface area (Å²) >= 11 is 0. The zero-order valence-corrected chi connectivity index (χ0v) is 15.1. The van der Waals surface area contributed by atoms with Crippen molar-refractivity contribution in [1.82, 2.24) is 5.32 Å². The number of ether oxygens (including phenoxy) is 2. The molecule has 25 heavy (non-hydrogen) atoms. The lowest BCUT2D eigenvalue weighted by molar-refractivity contribution is 0.0265. The van der Waals surface area contributed by atoms with Crippen LogP contribution in [0.3, 0.4) is 0 Å². The number of aliphatic imine (C=N–C) groups is 1. The van der Waals surface area contributed by atoms with Crippen molar-refractivity contribution < 1.29 is 9.47 Å². The second kappa shape index (κ2) is 7.81. The Morgan fingerprint density at radius 2 is 1.72 bits per heavy atom. The maximum Gasteiger partial charge on any atom is 0.124 e. The Hall–Kier alpha value is -2.17. The molecule has 1 heterocycles. The van der Waals surface area contributed by atoms with E-state index < -0.39 is 0 Å². The third kappa shape index (κ3) is 3.91. The van der Waals surface area contributed by atoms with Crippen LogP contribution in [0.5, 0.6) is 0 Å². The highest BCUT2D eigenvalue weighted by atomic mass is 16.5. The average molecular weight is 338 g/mol. The molecule has 0 spiro atoms. The first-order chi connectivity index (χ1) is 12.1. The fraction of sp³-hybridized carbons (Fsp3) is 0.381. The van der Waals surface area contributed by atoms with Crippen molar-refractivity contribution in [2.24, 2.45) is 4.99 Å². The molecule has 132 valence electrons. The van der Waals surface area contributed by atoms with Crippen LogP contribution in [0, 0.1) is 0 Å². The second-order valence-corrected chi connectivity index (χ2v) is 6.66. The molecule has 4 nitrogen and oxygen atoms in total. The minimum Gasteiger partial charge on any atom is -0.382 e. The third-order valence-electron chi connectivity index (χ3n) is 4.63. The van der Waals surface area contributed by atoms with E-state index in [2.05, 4.69) is 60.8 Å². The Kier molecular flexibility index (Phi) is 5.51. The molecule has 0 saturated heterocycles. The Balaban J connectivity index is 1.86. The number of nitrogens with one attached hydrogen (secondary N) is 1. The Bertz CT molecular complexity index is 702. The smallest absolute Gasteiger partial charge is 0.124 e. The van der Waals surface area contributed by atoms with Gasteiger partial charge in [-0.25, -0.2) is 0 Å². The minimum atomic E-state index is -0.300. The summed E-state index contributed by atoms with van der Waals surface area (Å²) in [5.74, 6) is 0.878. The predicted molar refractivity (Wildman–Crippen MR) is 101 cm³/mol. The van der Waals surface area contributed by atoms with Crippen molar-refractivity contribution in [3.63, 3.8) is 0 Å². The van der Waals surface area contributed by atoms with E-state index in [4.69, 9.17) is 14.5 Å². The molecule has 2 aromatic carbocycles. The number of nitrogens with zero attached hydrogens (tertiary/aromatic N) is 1. The molecule has 1 unspecified atom stereocenters. The molecule has 0 saturated carbocycles. The number of hydrogen-bond donors (Lipinski definition) is 1. The number of benzene rings is 2. The monoisotopic (exact) mass is 338 g/mol. The Morgan fingerprint density at radius 3 is 2.36 bits per heavy atom. The van der Waals surface area contributed by atoms with Gasteiger partial charge in [0.15, 0.2) is 0 Å². The lowest BCUT2D eigenvalue weighted by atomic mass is 9.82. The van der Waals surface area contributed by atoms with Crippen LogP contribution >= 0.6 is 0 Å². The van der Waals surface area contributed by atoms with Gasteiger partial charge in [-0.3, -0.25) is 4.99 Å². The number of amidine groups is 1. The summed E-state index contributed by atoms with van der Waals surface area (Å²) in [4.78, 5) is 4.96. The van der Waals surface area contributed by atoms with E-state index >= 15 is 0 Å². The SMILES string of the molecule is COCC(C)OCC1=N[C@H](c2ccccc2)[C@](C)(c2ccccc2)N1. The van der Waals surface area contributed by atoms with E-state index in [1.54, 1.807) is 7.11 Å². The zero-order chi connectivity index (χ0) is 17.7. The van der Waals surface area contributed by atoms with Crippen LogP contribution in [0.15, 0.2) is 65.7 Å². The van der Waals surface area contributed by atoms with E-state index in [9.17, 15) is 0 Å². The first-order valence-electron chi connectivity index (χ1n) is 8.69. The minimum absolute atomic E-state index is 0.00688. The standard InChI is InChI=1S/C21H26N2O2/c1-16(14-24-3)25-15-19-22-20(17-10-6-4-7-11-17)21(2,23-19)18-12-8-5-9-13-18/h4-13,16,20H,14-15H2,1-3H3,(H,22,23)/t16?,20-,21+/m1/s1. The molecule has 4 heteroatoms. The van der Waals surface area contributed by atoms with Crippen LogP contribution in [-0.2, 0) is 15.0 Å². The van der Waals surface area contributed by atoms with Crippen molar-refractivity contribution in [3.05, 3.63) is 71.8 Å². The Morgan fingerprint density at radius 1 is 1.08 bits per heavy atom. The molecule has 3 atom stereocenters. The fourth-order valence-electron chi connectivity index (χ4n) is 3.32. The molecule has 0 bridgehead atoms. The van der Waals surface area contributed by atoms with Gasteiger partial charge in [0.1, 0.15) is 18.5 Å². The molecule has 1 N–H and O–H groups in total. The van der Waals surface area contributed by atoms with Gasteiger partial charge in [-0.2, -0.15) is 0 Å². The summed E-state index contributed by atoms with van der Waals surface area (Å²) in [5.41, 5.74) is 2.11. The summed E-state index contributed by atoms with van der Waals surface area (Å²) < 4.78 is 11.0. The fourth-order valence-corrected chi connectivity index (χ4v) is 3.32. The van der Waals surface area contributed by atoms with Gasteiger partial charge in [-0.05, 0) is 25.0 Å². The zero-order valence-electron chi connectivity index (χ0n) is 15.1. The molecule has 0 aliphatic carbocycles. The van der Waals surface area contributed by atoms with Crippen molar-refractivity contribution in [3.8, 4) is 0 Å². The van der Waals surface area contributed by atoms with E-state index in [0.717, 1.165) is 5.84 Å². The number of hydrogen-bond acceptors (Lipinski definition) is 4. The van der Waals surface area contributed by atoms with Crippen LogP contribution in [0.4, 0.5) is 0 Å². The van der Waals surface area contributed by atoms with Gasteiger partial charge in [-0.15, -0.1) is 0 Å². The molecular weight excluding hydrogens is 312 g/mol. The maximum absolute atomic E-state index is 5.86. The van der Waals surface area contributed by atoms with Crippen LogP contribution < -0.4 is 5.32 Å². The normalized spacial score (nSPS) is 23.8. The van der Waals surface area contributed by atoms with Crippen molar-refractivity contribution in [2.45, 2.75) is 31.5 Å². The van der Waals surface area contributed by atoms with Crippen molar-refractivity contribution in [1.29, 1.82) is 0 Å². The van der Waals surface area contributed by atoms with Gasteiger partial charge in [-0.1, -0.05) is 60.7 Å². The van der Waals surface area contributed by atoms with Crippen LogP contribution in [0.2, 0.25) is 0 Å². The average Bonchev–Trinajstić information content (AvgIpc) is 3.00. The van der Waals surface area contributed by atoms with Crippen molar-refractivity contribution in [2.75, 3.05) is 20.3 Å². The Labute approximate surface area is 149 Å². The summed E-state index contributed by atoms with van der Waals surface area (Å²) in [6.07, 6.45) is 0.0354. The molecule has 0 radical (unpaired) electrons. The molecule has 1 aliphatic heterocycles. The largest absolute Gasteiger partial charge is 0.382 e. The van der Waals surface area contributed by atoms with E-state index in [1.807, 2.05) is 19.1 Å². The maximum atomic E-state index is 5.86. The lowest BCUT2D eigenvalue weighted by Gasteiger charge is -2.32. The van der Waals surface area contributed by atoms with Gasteiger partial charge >= 0.3 is 0 Å². The lowest BCUT2D eigenvalue weighted by Crippen LogP contribution is -2.43. The highest BCUT2D eigenvalue weighted by molar-refractivity contribution is 5.87. The quantitative estimate of drug-likeness (QED) is 0.837. The van der Waals surface area contributed by atoms with Gasteiger partial charge < -0.3 is 14.8 Å². The van der Waals surface area contributed by atoms with Gasteiger partial charge in [0, 0.05) is 7.11 Å². The molecule has 0 amide bonds. The molecule has 0 fully saturated rings. The third-order valence-corrected chi connectivity index (χ3v) is 4.63.